The van der Waals surface area contributed by atoms with Crippen LogP contribution in [0, 0.1) is 6.92 Å². The van der Waals surface area contributed by atoms with Gasteiger partial charge in [0.05, 0.1) is 11.4 Å². The molecule has 8 nitrogen and oxygen atoms in total. The third kappa shape index (κ3) is 3.98. The third-order valence-corrected chi connectivity index (χ3v) is 5.49. The van der Waals surface area contributed by atoms with Gasteiger partial charge >= 0.3 is 0 Å². The van der Waals surface area contributed by atoms with E-state index in [1.807, 2.05) is 0 Å². The second kappa shape index (κ2) is 7.54. The zero-order valence-electron chi connectivity index (χ0n) is 13.8. The number of sulfonamides is 1. The van der Waals surface area contributed by atoms with Crippen LogP contribution in [0.5, 0.6) is 0 Å². The molecule has 0 saturated carbocycles. The minimum Gasteiger partial charge on any atom is -0.343 e. The van der Waals surface area contributed by atoms with Gasteiger partial charge in [-0.25, -0.2) is 8.42 Å². The maximum atomic E-state index is 12.4. The van der Waals surface area contributed by atoms with Crippen molar-refractivity contribution >= 4 is 15.9 Å². The Labute approximate surface area is 140 Å². The van der Waals surface area contributed by atoms with Gasteiger partial charge in [-0.05, 0) is 31.2 Å². The van der Waals surface area contributed by atoms with Gasteiger partial charge in [-0.15, -0.1) is 0 Å². The van der Waals surface area contributed by atoms with Crippen LogP contribution in [0.2, 0.25) is 0 Å². The van der Waals surface area contributed by atoms with E-state index in [-0.39, 0.29) is 17.3 Å². The summed E-state index contributed by atoms with van der Waals surface area (Å²) >= 11 is 0. The molecule has 1 aromatic heterocycles. The normalized spacial score (nSPS) is 11.7. The van der Waals surface area contributed by atoms with E-state index in [0.717, 1.165) is 0 Å². The molecule has 0 aliphatic heterocycles. The van der Waals surface area contributed by atoms with Gasteiger partial charge in [-0.2, -0.15) is 9.29 Å². The van der Waals surface area contributed by atoms with Crippen LogP contribution >= 0.6 is 0 Å². The Morgan fingerprint density at radius 3 is 2.33 bits per heavy atom. The Kier molecular flexibility index (Phi) is 5.68. The number of aromatic nitrogens is 2. The molecule has 0 fully saturated rings. The third-order valence-electron chi connectivity index (χ3n) is 3.43. The van der Waals surface area contributed by atoms with Crippen molar-refractivity contribution in [3.05, 3.63) is 41.5 Å². The molecular weight excluding hydrogens is 332 g/mol. The van der Waals surface area contributed by atoms with Gasteiger partial charge in [0.2, 0.25) is 15.9 Å². The van der Waals surface area contributed by atoms with E-state index in [9.17, 15) is 13.2 Å². The number of nitrogens with one attached hydrogen (secondary N) is 1. The van der Waals surface area contributed by atoms with E-state index in [0.29, 0.717) is 30.4 Å². The highest BCUT2D eigenvalue weighted by molar-refractivity contribution is 7.89. The van der Waals surface area contributed by atoms with Crippen LogP contribution in [0.3, 0.4) is 0 Å². The highest BCUT2D eigenvalue weighted by Crippen LogP contribution is 2.16. The van der Waals surface area contributed by atoms with Crippen molar-refractivity contribution in [2.75, 3.05) is 13.1 Å². The van der Waals surface area contributed by atoms with Gasteiger partial charge < -0.3 is 9.84 Å². The predicted octanol–water partition coefficient (Wildman–Crippen LogP) is 1.34. The molecule has 1 amide bonds. The number of hydrogen-bond donors (Lipinski definition) is 1. The highest BCUT2D eigenvalue weighted by atomic mass is 32.2. The molecule has 0 radical (unpaired) electrons. The predicted molar refractivity (Wildman–Crippen MR) is 86.8 cm³/mol. The van der Waals surface area contributed by atoms with Crippen LogP contribution in [-0.4, -0.2) is 41.9 Å². The van der Waals surface area contributed by atoms with E-state index in [4.69, 9.17) is 4.52 Å². The Morgan fingerprint density at radius 2 is 1.83 bits per heavy atom. The van der Waals surface area contributed by atoms with Crippen molar-refractivity contribution in [1.29, 1.82) is 0 Å². The van der Waals surface area contributed by atoms with E-state index < -0.39 is 10.0 Å². The standard InChI is InChI=1S/C15H20N4O4S/c1-4-19(5-2)24(21,22)13-8-6-12(7-9-13)15(20)16-10-14-17-11(3)18-23-14/h6-9H,4-5,10H2,1-3H3,(H,16,20). The fourth-order valence-corrected chi connectivity index (χ4v) is 3.62. The van der Waals surface area contributed by atoms with Gasteiger partial charge in [0, 0.05) is 18.7 Å². The number of amides is 1. The number of hydrogen-bond acceptors (Lipinski definition) is 6. The molecule has 2 rings (SSSR count). The molecule has 0 aliphatic carbocycles. The summed E-state index contributed by atoms with van der Waals surface area (Å²) in [7, 11) is -3.53. The van der Waals surface area contributed by atoms with Crippen LogP contribution in [0.15, 0.2) is 33.7 Å². The monoisotopic (exact) mass is 352 g/mol. The summed E-state index contributed by atoms with van der Waals surface area (Å²) in [6.07, 6.45) is 0. The zero-order chi connectivity index (χ0) is 17.7. The summed E-state index contributed by atoms with van der Waals surface area (Å²) in [4.78, 5) is 16.2. The molecule has 1 aromatic carbocycles. The molecule has 9 heteroatoms. The van der Waals surface area contributed by atoms with E-state index in [1.54, 1.807) is 20.8 Å². The number of nitrogens with zero attached hydrogens (tertiary/aromatic N) is 3. The number of carbonyl (C=O) groups excluding carboxylic acids is 1. The minimum absolute atomic E-state index is 0.110. The van der Waals surface area contributed by atoms with Crippen molar-refractivity contribution in [3.8, 4) is 0 Å². The van der Waals surface area contributed by atoms with Crippen LogP contribution in [0.1, 0.15) is 35.9 Å². The van der Waals surface area contributed by atoms with Crippen LogP contribution < -0.4 is 5.32 Å². The molecule has 0 atom stereocenters. The molecule has 1 heterocycles. The summed E-state index contributed by atoms with van der Waals surface area (Å²) in [5.41, 5.74) is 0.352. The number of aryl methyl sites for hydroxylation is 1. The summed E-state index contributed by atoms with van der Waals surface area (Å²) in [5.74, 6) is 0.449. The van der Waals surface area contributed by atoms with Gasteiger partial charge in [0.25, 0.3) is 5.91 Å². The molecule has 2 aromatic rings. The average molecular weight is 352 g/mol. The van der Waals surface area contributed by atoms with Crippen molar-refractivity contribution < 1.29 is 17.7 Å². The van der Waals surface area contributed by atoms with E-state index in [1.165, 1.54) is 28.6 Å². The topological polar surface area (TPSA) is 105 Å². The van der Waals surface area contributed by atoms with Crippen molar-refractivity contribution in [2.45, 2.75) is 32.2 Å². The maximum absolute atomic E-state index is 12.4. The maximum Gasteiger partial charge on any atom is 0.251 e. The molecule has 130 valence electrons. The summed E-state index contributed by atoms with van der Waals surface area (Å²) in [5, 5.41) is 6.27. The van der Waals surface area contributed by atoms with E-state index >= 15 is 0 Å². The molecule has 0 spiro atoms. The second-order valence-electron chi connectivity index (χ2n) is 5.03. The largest absolute Gasteiger partial charge is 0.343 e. The SMILES string of the molecule is CCN(CC)S(=O)(=O)c1ccc(C(=O)NCc2nc(C)no2)cc1. The van der Waals surface area contributed by atoms with Crippen LogP contribution in [0.4, 0.5) is 0 Å². The Bertz CT molecular complexity index is 795. The molecule has 24 heavy (non-hydrogen) atoms. The molecule has 0 unspecified atom stereocenters. The fourth-order valence-electron chi connectivity index (χ4n) is 2.16. The lowest BCUT2D eigenvalue weighted by Crippen LogP contribution is -2.30. The molecular formula is C15H20N4O4S. The Morgan fingerprint density at radius 1 is 1.21 bits per heavy atom. The fraction of sp³-hybridized carbons (Fsp3) is 0.400. The lowest BCUT2D eigenvalue weighted by Gasteiger charge is -2.18. The van der Waals surface area contributed by atoms with Crippen molar-refractivity contribution in [1.82, 2.24) is 19.8 Å². The van der Waals surface area contributed by atoms with Crippen molar-refractivity contribution in [2.24, 2.45) is 0 Å². The number of carbonyl (C=O) groups is 1. The lowest BCUT2D eigenvalue weighted by atomic mass is 10.2. The van der Waals surface area contributed by atoms with Crippen LogP contribution in [0.25, 0.3) is 0 Å². The number of benzene rings is 1. The first-order valence-electron chi connectivity index (χ1n) is 7.56. The number of rotatable bonds is 7. The summed E-state index contributed by atoms with van der Waals surface area (Å²) in [6.45, 7) is 6.14. The smallest absolute Gasteiger partial charge is 0.251 e. The minimum atomic E-state index is -3.53. The van der Waals surface area contributed by atoms with Crippen molar-refractivity contribution in [3.63, 3.8) is 0 Å². The van der Waals surface area contributed by atoms with E-state index in [2.05, 4.69) is 15.5 Å². The van der Waals surface area contributed by atoms with Crippen LogP contribution in [-0.2, 0) is 16.6 Å². The second-order valence-corrected chi connectivity index (χ2v) is 6.97. The molecule has 0 saturated heterocycles. The van der Waals surface area contributed by atoms with Gasteiger partial charge in [-0.1, -0.05) is 19.0 Å². The summed E-state index contributed by atoms with van der Waals surface area (Å²) < 4.78 is 31.0. The highest BCUT2D eigenvalue weighted by Gasteiger charge is 2.21. The first-order chi connectivity index (χ1) is 11.4. The van der Waals surface area contributed by atoms with Gasteiger partial charge in [-0.3, -0.25) is 4.79 Å². The first-order valence-corrected chi connectivity index (χ1v) is 9.00. The quantitative estimate of drug-likeness (QED) is 0.806. The average Bonchev–Trinajstić information content (AvgIpc) is 2.99. The zero-order valence-corrected chi connectivity index (χ0v) is 14.6. The van der Waals surface area contributed by atoms with Gasteiger partial charge in [0.15, 0.2) is 5.82 Å². The Hall–Kier alpha value is -2.26. The molecule has 0 bridgehead atoms. The molecule has 1 N–H and O–H groups in total. The molecule has 0 aliphatic rings. The lowest BCUT2D eigenvalue weighted by molar-refractivity contribution is 0.0946. The summed E-state index contributed by atoms with van der Waals surface area (Å²) in [6, 6.07) is 5.81. The Balaban J connectivity index is 2.07. The van der Waals surface area contributed by atoms with Gasteiger partial charge in [0.1, 0.15) is 0 Å². The first kappa shape index (κ1) is 18.1.